The highest BCUT2D eigenvalue weighted by atomic mass is 35.5. The smallest absolute Gasteiger partial charge is 0.256 e. The van der Waals surface area contributed by atoms with Gasteiger partial charge in [0.2, 0.25) is 5.69 Å². The first-order valence-corrected chi connectivity index (χ1v) is 4.96. The number of aromatic hydroxyl groups is 1. The fraction of sp³-hybridized carbons (Fsp3) is 0. The quantitative estimate of drug-likeness (QED) is 0.882. The maximum atomic E-state index is 9.11. The van der Waals surface area contributed by atoms with Gasteiger partial charge in [-0.3, -0.25) is 0 Å². The Kier molecular flexibility index (Phi) is 3.08. The molecule has 0 atom stereocenters. The molecule has 17 heavy (non-hydrogen) atoms. The Morgan fingerprint density at radius 2 is 2.00 bits per heavy atom. The van der Waals surface area contributed by atoms with Gasteiger partial charge >= 0.3 is 0 Å². The second kappa shape index (κ2) is 4.68. The number of hydrogen-bond donors (Lipinski definition) is 1. The Morgan fingerprint density at radius 1 is 1.29 bits per heavy atom. The molecule has 0 saturated carbocycles. The van der Waals surface area contributed by atoms with Crippen molar-refractivity contribution in [2.24, 2.45) is 0 Å². The van der Waals surface area contributed by atoms with Crippen molar-refractivity contribution < 1.29 is 9.84 Å². The molecule has 1 N–H and O–H groups in total. The van der Waals surface area contributed by atoms with E-state index in [1.807, 2.05) is 6.07 Å². The fourth-order valence-electron chi connectivity index (χ4n) is 1.13. The van der Waals surface area contributed by atoms with E-state index < -0.39 is 0 Å². The Bertz CT molecular complexity index is 578. The van der Waals surface area contributed by atoms with Gasteiger partial charge in [-0.05, 0) is 24.3 Å². The molecule has 1 aromatic heterocycles. The van der Waals surface area contributed by atoms with Crippen molar-refractivity contribution in [1.29, 1.82) is 5.26 Å². The van der Waals surface area contributed by atoms with Crippen LogP contribution in [0.15, 0.2) is 30.5 Å². The van der Waals surface area contributed by atoms with Crippen molar-refractivity contribution in [2.75, 3.05) is 0 Å². The average Bonchev–Trinajstić information content (AvgIpc) is 2.34. The van der Waals surface area contributed by atoms with Crippen molar-refractivity contribution in [2.45, 2.75) is 0 Å². The van der Waals surface area contributed by atoms with Crippen LogP contribution in [0.1, 0.15) is 5.69 Å². The highest BCUT2D eigenvalue weighted by Crippen LogP contribution is 2.24. The monoisotopic (exact) mass is 247 g/mol. The van der Waals surface area contributed by atoms with E-state index in [4.69, 9.17) is 26.7 Å². The lowest BCUT2D eigenvalue weighted by molar-refractivity contribution is 0.450. The summed E-state index contributed by atoms with van der Waals surface area (Å²) >= 11 is 5.61. The van der Waals surface area contributed by atoms with Crippen LogP contribution in [0.25, 0.3) is 0 Å². The Labute approximate surface area is 102 Å². The maximum absolute atomic E-state index is 9.11. The number of rotatable bonds is 2. The van der Waals surface area contributed by atoms with Crippen molar-refractivity contribution in [3.63, 3.8) is 0 Å². The second-order valence-corrected chi connectivity index (χ2v) is 3.44. The summed E-state index contributed by atoms with van der Waals surface area (Å²) in [6, 6.07) is 7.86. The van der Waals surface area contributed by atoms with E-state index in [0.717, 1.165) is 0 Å². The number of hydrogen-bond acceptors (Lipinski definition) is 5. The van der Waals surface area contributed by atoms with Gasteiger partial charge in [0.15, 0.2) is 0 Å². The lowest BCUT2D eigenvalue weighted by atomic mass is 10.3. The van der Waals surface area contributed by atoms with Crippen LogP contribution in [0.3, 0.4) is 0 Å². The molecule has 0 saturated heterocycles. The third-order valence-corrected chi connectivity index (χ3v) is 2.05. The largest absolute Gasteiger partial charge is 0.508 e. The third-order valence-electron chi connectivity index (χ3n) is 1.87. The van der Waals surface area contributed by atoms with Crippen LogP contribution in [0.4, 0.5) is 0 Å². The van der Waals surface area contributed by atoms with Crippen LogP contribution in [0.2, 0.25) is 5.15 Å². The van der Waals surface area contributed by atoms with Crippen LogP contribution < -0.4 is 4.74 Å². The number of ether oxygens (including phenoxy) is 1. The van der Waals surface area contributed by atoms with Gasteiger partial charge in [-0.2, -0.15) is 5.26 Å². The third kappa shape index (κ3) is 2.62. The topological polar surface area (TPSA) is 79.0 Å². The van der Waals surface area contributed by atoms with Gasteiger partial charge in [-0.15, -0.1) is 0 Å². The lowest BCUT2D eigenvalue weighted by Crippen LogP contribution is -1.94. The number of nitriles is 1. The van der Waals surface area contributed by atoms with E-state index in [9.17, 15) is 0 Å². The first kappa shape index (κ1) is 11.2. The average molecular weight is 248 g/mol. The number of nitrogens with zero attached hydrogens (tertiary/aromatic N) is 3. The van der Waals surface area contributed by atoms with Crippen LogP contribution >= 0.6 is 11.6 Å². The van der Waals surface area contributed by atoms with Gasteiger partial charge < -0.3 is 9.84 Å². The first-order valence-electron chi connectivity index (χ1n) is 4.58. The molecule has 1 heterocycles. The number of phenolic OH excluding ortho intramolecular Hbond substituents is 1. The number of benzene rings is 1. The van der Waals surface area contributed by atoms with Crippen LogP contribution in [0, 0.1) is 11.3 Å². The Balaban J connectivity index is 2.30. The molecular weight excluding hydrogens is 242 g/mol. The van der Waals surface area contributed by atoms with Gasteiger partial charge in [-0.1, -0.05) is 11.6 Å². The minimum absolute atomic E-state index is 0.00516. The summed E-state index contributed by atoms with van der Waals surface area (Å²) in [5, 5.41) is 18.1. The molecule has 0 amide bonds. The standard InChI is InChI=1S/C11H6ClN3O2/c12-10-6-14-11(9(5-13)15-10)17-8-3-1-7(16)2-4-8/h1-4,6,16H. The summed E-state index contributed by atoms with van der Waals surface area (Å²) in [5.74, 6) is 0.638. The minimum atomic E-state index is 0.00516. The number of aromatic nitrogens is 2. The normalized spacial score (nSPS) is 9.65. The van der Waals surface area contributed by atoms with E-state index in [1.165, 1.54) is 18.3 Å². The molecule has 0 aliphatic heterocycles. The molecule has 0 aliphatic carbocycles. The number of phenols is 1. The second-order valence-electron chi connectivity index (χ2n) is 3.05. The highest BCUT2D eigenvalue weighted by molar-refractivity contribution is 6.29. The molecule has 2 rings (SSSR count). The summed E-state index contributed by atoms with van der Waals surface area (Å²) in [6.45, 7) is 0. The summed E-state index contributed by atoms with van der Waals surface area (Å²) in [5.41, 5.74) is 0.00516. The van der Waals surface area contributed by atoms with Gasteiger partial charge in [0.1, 0.15) is 22.7 Å². The van der Waals surface area contributed by atoms with E-state index in [-0.39, 0.29) is 22.5 Å². The van der Waals surface area contributed by atoms with Crippen molar-refractivity contribution in [1.82, 2.24) is 9.97 Å². The van der Waals surface area contributed by atoms with Crippen molar-refractivity contribution in [3.05, 3.63) is 41.3 Å². The SMILES string of the molecule is N#Cc1nc(Cl)cnc1Oc1ccc(O)cc1. The summed E-state index contributed by atoms with van der Waals surface area (Å²) in [7, 11) is 0. The van der Waals surface area contributed by atoms with Gasteiger partial charge in [-0.25, -0.2) is 9.97 Å². The van der Waals surface area contributed by atoms with E-state index >= 15 is 0 Å². The molecule has 0 spiro atoms. The molecule has 84 valence electrons. The maximum Gasteiger partial charge on any atom is 0.256 e. The molecule has 0 bridgehead atoms. The van der Waals surface area contributed by atoms with Crippen molar-refractivity contribution >= 4 is 11.6 Å². The van der Waals surface area contributed by atoms with Gasteiger partial charge in [0.25, 0.3) is 5.88 Å². The van der Waals surface area contributed by atoms with Gasteiger partial charge in [0, 0.05) is 0 Å². The molecule has 6 heteroatoms. The molecule has 1 aromatic carbocycles. The van der Waals surface area contributed by atoms with Crippen LogP contribution in [-0.2, 0) is 0 Å². The highest BCUT2D eigenvalue weighted by Gasteiger charge is 2.08. The molecule has 0 aliphatic rings. The van der Waals surface area contributed by atoms with E-state index in [2.05, 4.69) is 9.97 Å². The fourth-order valence-corrected chi connectivity index (χ4v) is 1.26. The van der Waals surface area contributed by atoms with Crippen LogP contribution in [0.5, 0.6) is 17.4 Å². The predicted octanol–water partition coefficient (Wildman–Crippen LogP) is 2.50. The van der Waals surface area contributed by atoms with Gasteiger partial charge in [0.05, 0.1) is 6.20 Å². The van der Waals surface area contributed by atoms with E-state index in [0.29, 0.717) is 5.75 Å². The first-order chi connectivity index (χ1) is 8.19. The van der Waals surface area contributed by atoms with Crippen molar-refractivity contribution in [3.8, 4) is 23.4 Å². The number of halogens is 1. The zero-order valence-electron chi connectivity index (χ0n) is 8.46. The molecule has 0 unspecified atom stereocenters. The molecule has 0 fully saturated rings. The predicted molar refractivity (Wildman–Crippen MR) is 59.9 cm³/mol. The van der Waals surface area contributed by atoms with E-state index in [1.54, 1.807) is 12.1 Å². The lowest BCUT2D eigenvalue weighted by Gasteiger charge is -2.05. The molecule has 5 nitrogen and oxygen atoms in total. The molecular formula is C11H6ClN3O2. The Hall–Kier alpha value is -2.32. The molecule has 2 aromatic rings. The summed E-state index contributed by atoms with van der Waals surface area (Å²) in [6.07, 6.45) is 1.29. The Morgan fingerprint density at radius 3 is 2.65 bits per heavy atom. The summed E-state index contributed by atoms with van der Waals surface area (Å²) in [4.78, 5) is 7.64. The molecule has 0 radical (unpaired) electrons. The minimum Gasteiger partial charge on any atom is -0.508 e. The zero-order chi connectivity index (χ0) is 12.3. The summed E-state index contributed by atoms with van der Waals surface area (Å²) < 4.78 is 5.34. The van der Waals surface area contributed by atoms with Crippen LogP contribution in [-0.4, -0.2) is 15.1 Å². The zero-order valence-corrected chi connectivity index (χ0v) is 9.22.